The summed E-state index contributed by atoms with van der Waals surface area (Å²) in [7, 11) is 1.59. The van der Waals surface area contributed by atoms with E-state index in [-0.39, 0.29) is 11.5 Å². The van der Waals surface area contributed by atoms with Crippen LogP contribution in [0.25, 0.3) is 10.9 Å². The number of carbonyl (C=O) groups is 1. The van der Waals surface area contributed by atoms with Crippen molar-refractivity contribution in [2.45, 2.75) is 63.7 Å². The Morgan fingerprint density at radius 3 is 2.47 bits per heavy atom. The summed E-state index contributed by atoms with van der Waals surface area (Å²) in [5.74, 6) is 0.501. The molecule has 3 aromatic rings. The molecule has 0 radical (unpaired) electrons. The van der Waals surface area contributed by atoms with Gasteiger partial charge < -0.3 is 10.1 Å². The van der Waals surface area contributed by atoms with Crippen molar-refractivity contribution in [3.05, 3.63) is 58.9 Å². The zero-order valence-electron chi connectivity index (χ0n) is 20.7. The molecule has 0 aliphatic rings. The molecule has 0 aliphatic carbocycles. The van der Waals surface area contributed by atoms with E-state index in [9.17, 15) is 9.59 Å². The molecule has 182 valence electrons. The highest BCUT2D eigenvalue weighted by molar-refractivity contribution is 8.00. The number of hydrogen-bond donors (Lipinski definition) is 1. The number of anilines is 1. The Labute approximate surface area is 205 Å². The third-order valence-corrected chi connectivity index (χ3v) is 6.81. The van der Waals surface area contributed by atoms with Crippen molar-refractivity contribution in [2.75, 3.05) is 19.0 Å². The quantitative estimate of drug-likeness (QED) is 0.335. The van der Waals surface area contributed by atoms with E-state index >= 15 is 0 Å². The summed E-state index contributed by atoms with van der Waals surface area (Å²) < 4.78 is 6.94. The molecular formula is C26H34N4O3S. The van der Waals surface area contributed by atoms with Crippen LogP contribution in [0.3, 0.4) is 0 Å². The molecule has 3 rings (SSSR count). The maximum atomic E-state index is 13.4. The molecule has 0 saturated carbocycles. The molecule has 7 nitrogen and oxygen atoms in total. The molecule has 1 heterocycles. The summed E-state index contributed by atoms with van der Waals surface area (Å²) in [6.45, 7) is 11.7. The summed E-state index contributed by atoms with van der Waals surface area (Å²) in [5.41, 5.74) is 1.21. The monoisotopic (exact) mass is 482 g/mol. The van der Waals surface area contributed by atoms with E-state index in [2.05, 4.69) is 37.9 Å². The van der Waals surface area contributed by atoms with Crippen LogP contribution >= 0.6 is 11.8 Å². The van der Waals surface area contributed by atoms with Crippen molar-refractivity contribution in [1.82, 2.24) is 14.5 Å². The first kappa shape index (κ1) is 25.8. The molecule has 0 bridgehead atoms. The van der Waals surface area contributed by atoms with Gasteiger partial charge in [-0.3, -0.25) is 19.1 Å². The van der Waals surface area contributed by atoms with Gasteiger partial charge in [0.05, 0.1) is 23.3 Å². The fourth-order valence-corrected chi connectivity index (χ4v) is 4.85. The van der Waals surface area contributed by atoms with Crippen molar-refractivity contribution in [3.8, 4) is 5.75 Å². The van der Waals surface area contributed by atoms with E-state index in [1.807, 2.05) is 43.3 Å². The number of carbonyl (C=O) groups excluding carboxylic acids is 1. The van der Waals surface area contributed by atoms with Crippen LogP contribution in [-0.2, 0) is 11.3 Å². The number of para-hydroxylation sites is 1. The van der Waals surface area contributed by atoms with E-state index in [0.717, 1.165) is 0 Å². The number of hydrogen-bond acceptors (Lipinski definition) is 6. The van der Waals surface area contributed by atoms with Gasteiger partial charge in [0, 0.05) is 36.9 Å². The lowest BCUT2D eigenvalue weighted by molar-refractivity contribution is -0.115. The highest BCUT2D eigenvalue weighted by Gasteiger charge is 2.21. The molecule has 8 heteroatoms. The number of amides is 1. The standard InChI is InChI=1S/C26H34N4O3S/c1-17(2)29(18(3)4)14-15-30-25(32)22-12-7-8-13-23(22)28-26(30)34-19(5)24(31)27-20-10-9-11-21(16-20)33-6/h7-13,16-19H,14-15H2,1-6H3,(H,27,31). The van der Waals surface area contributed by atoms with Crippen molar-refractivity contribution in [1.29, 1.82) is 0 Å². The predicted molar refractivity (Wildman–Crippen MR) is 140 cm³/mol. The van der Waals surface area contributed by atoms with Crippen LogP contribution in [0.1, 0.15) is 34.6 Å². The Hall–Kier alpha value is -2.84. The van der Waals surface area contributed by atoms with E-state index in [0.29, 0.717) is 52.7 Å². The first-order chi connectivity index (χ1) is 16.2. The molecule has 1 atom stereocenters. The van der Waals surface area contributed by atoms with Crippen molar-refractivity contribution in [3.63, 3.8) is 0 Å². The van der Waals surface area contributed by atoms with Crippen LogP contribution in [0.4, 0.5) is 5.69 Å². The zero-order chi connectivity index (χ0) is 24.8. The van der Waals surface area contributed by atoms with Gasteiger partial charge in [-0.15, -0.1) is 0 Å². The second-order valence-corrected chi connectivity index (χ2v) is 10.1. The maximum absolute atomic E-state index is 13.4. The second kappa shape index (κ2) is 11.5. The summed E-state index contributed by atoms with van der Waals surface area (Å²) >= 11 is 1.30. The van der Waals surface area contributed by atoms with Gasteiger partial charge in [0.15, 0.2) is 5.16 Å². The van der Waals surface area contributed by atoms with Crippen LogP contribution in [0.15, 0.2) is 58.5 Å². The summed E-state index contributed by atoms with van der Waals surface area (Å²) in [4.78, 5) is 33.4. The Morgan fingerprint density at radius 2 is 1.79 bits per heavy atom. The highest BCUT2D eigenvalue weighted by Crippen LogP contribution is 2.25. The maximum Gasteiger partial charge on any atom is 0.262 e. The summed E-state index contributed by atoms with van der Waals surface area (Å²) in [5, 5.41) is 3.59. The largest absolute Gasteiger partial charge is 0.497 e. The molecule has 1 aromatic heterocycles. The van der Waals surface area contributed by atoms with Crippen molar-refractivity contribution < 1.29 is 9.53 Å². The number of ether oxygens (including phenoxy) is 1. The van der Waals surface area contributed by atoms with Crippen molar-refractivity contribution >= 4 is 34.3 Å². The van der Waals surface area contributed by atoms with E-state index in [1.54, 1.807) is 23.8 Å². The van der Waals surface area contributed by atoms with E-state index in [4.69, 9.17) is 9.72 Å². The molecular weight excluding hydrogens is 448 g/mol. The normalized spacial score (nSPS) is 12.5. The number of methoxy groups -OCH3 is 1. The summed E-state index contributed by atoms with van der Waals surface area (Å²) in [6.07, 6.45) is 0. The topological polar surface area (TPSA) is 76.5 Å². The van der Waals surface area contributed by atoms with Gasteiger partial charge in [-0.25, -0.2) is 4.98 Å². The predicted octanol–water partition coefficient (Wildman–Crippen LogP) is 4.64. The number of rotatable bonds is 10. The van der Waals surface area contributed by atoms with Crippen LogP contribution in [-0.4, -0.2) is 51.3 Å². The van der Waals surface area contributed by atoms with Crippen LogP contribution in [0.2, 0.25) is 0 Å². The SMILES string of the molecule is COc1cccc(NC(=O)C(C)Sc2nc3ccccc3c(=O)n2CCN(C(C)C)C(C)C)c1. The van der Waals surface area contributed by atoms with E-state index < -0.39 is 5.25 Å². The molecule has 0 fully saturated rings. The average molecular weight is 483 g/mol. The number of benzene rings is 2. The number of nitrogens with zero attached hydrogens (tertiary/aromatic N) is 3. The molecule has 0 spiro atoms. The van der Waals surface area contributed by atoms with Crippen LogP contribution in [0.5, 0.6) is 5.75 Å². The molecule has 1 unspecified atom stereocenters. The summed E-state index contributed by atoms with van der Waals surface area (Å²) in [6, 6.07) is 15.3. The lowest BCUT2D eigenvalue weighted by atomic mass is 10.2. The zero-order valence-corrected chi connectivity index (χ0v) is 21.6. The molecule has 1 N–H and O–H groups in total. The Kier molecular flexibility index (Phi) is 8.74. The first-order valence-electron chi connectivity index (χ1n) is 11.6. The molecule has 34 heavy (non-hydrogen) atoms. The Bertz CT molecular complexity index is 1180. The van der Waals surface area contributed by atoms with E-state index in [1.165, 1.54) is 11.8 Å². The minimum absolute atomic E-state index is 0.0824. The lowest BCUT2D eigenvalue weighted by Crippen LogP contribution is -2.40. The Balaban J connectivity index is 1.88. The molecule has 0 aliphatic heterocycles. The van der Waals surface area contributed by atoms with Crippen molar-refractivity contribution in [2.24, 2.45) is 0 Å². The van der Waals surface area contributed by atoms with Gasteiger partial charge in [-0.2, -0.15) is 0 Å². The molecule has 1 amide bonds. The minimum atomic E-state index is -0.461. The number of nitrogens with one attached hydrogen (secondary N) is 1. The number of fused-ring (bicyclic) bond motifs is 1. The number of aromatic nitrogens is 2. The van der Waals surface area contributed by atoms with Gasteiger partial charge in [0.25, 0.3) is 5.56 Å². The third kappa shape index (κ3) is 6.18. The smallest absolute Gasteiger partial charge is 0.262 e. The average Bonchev–Trinajstić information content (AvgIpc) is 2.80. The fourth-order valence-electron chi connectivity index (χ4n) is 3.92. The lowest BCUT2D eigenvalue weighted by Gasteiger charge is -2.31. The highest BCUT2D eigenvalue weighted by atomic mass is 32.2. The first-order valence-corrected chi connectivity index (χ1v) is 12.5. The Morgan fingerprint density at radius 1 is 1.09 bits per heavy atom. The van der Waals surface area contributed by atoms with Crippen LogP contribution < -0.4 is 15.6 Å². The van der Waals surface area contributed by atoms with Crippen LogP contribution in [0, 0.1) is 0 Å². The second-order valence-electron chi connectivity index (χ2n) is 8.77. The third-order valence-electron chi connectivity index (χ3n) is 5.72. The van der Waals surface area contributed by atoms with Gasteiger partial charge in [-0.05, 0) is 58.9 Å². The molecule has 2 aromatic carbocycles. The minimum Gasteiger partial charge on any atom is -0.497 e. The van der Waals surface area contributed by atoms with Gasteiger partial charge in [0.2, 0.25) is 5.91 Å². The van der Waals surface area contributed by atoms with Gasteiger partial charge in [0.1, 0.15) is 5.75 Å². The number of thioether (sulfide) groups is 1. The molecule has 0 saturated heterocycles. The van der Waals surface area contributed by atoms with Gasteiger partial charge >= 0.3 is 0 Å². The fraction of sp³-hybridized carbons (Fsp3) is 0.423. The van der Waals surface area contributed by atoms with Gasteiger partial charge in [-0.1, -0.05) is 30.0 Å².